The number of hydrazone groups is 1. The van der Waals surface area contributed by atoms with E-state index in [4.69, 9.17) is 9.05 Å². The molecule has 0 unspecified atom stereocenters. The van der Waals surface area contributed by atoms with Gasteiger partial charge in [-0.2, -0.15) is 5.10 Å². The molecule has 0 radical (unpaired) electrons. The van der Waals surface area contributed by atoms with Crippen LogP contribution >= 0.6 is 7.60 Å². The highest BCUT2D eigenvalue weighted by Crippen LogP contribution is 2.53. The maximum absolute atomic E-state index is 13.5. The summed E-state index contributed by atoms with van der Waals surface area (Å²) in [4.78, 5) is 0. The predicted octanol–water partition coefficient (Wildman–Crippen LogP) is 4.44. The Hall–Kier alpha value is -1.51. The highest BCUT2D eigenvalue weighted by Gasteiger charge is 2.37. The number of hydrogen-bond donors (Lipinski definition) is 1. The van der Waals surface area contributed by atoms with Crippen LogP contribution in [0.4, 0.5) is 27.6 Å². The molecule has 1 heterocycles. The van der Waals surface area contributed by atoms with Crippen molar-refractivity contribution in [2.45, 2.75) is 20.8 Å². The second-order valence-corrected chi connectivity index (χ2v) is 8.44. The first-order chi connectivity index (χ1) is 11.5. The average molecular weight is 386 g/mol. The third kappa shape index (κ3) is 4.37. The summed E-state index contributed by atoms with van der Waals surface area (Å²) in [7, 11) is -3.49. The predicted molar refractivity (Wildman–Crippen MR) is 81.1 cm³/mol. The molecule has 0 atom stereocenters. The van der Waals surface area contributed by atoms with Crippen LogP contribution in [0.25, 0.3) is 0 Å². The lowest BCUT2D eigenvalue weighted by Gasteiger charge is -2.33. The lowest BCUT2D eigenvalue weighted by atomic mass is 9.97. The average Bonchev–Trinajstić information content (AvgIpc) is 2.54. The molecule has 2 rings (SSSR count). The molecule has 1 aromatic rings. The Balaban J connectivity index is 2.14. The van der Waals surface area contributed by atoms with Crippen LogP contribution in [-0.2, 0) is 13.6 Å². The molecule has 11 heteroatoms. The van der Waals surface area contributed by atoms with Gasteiger partial charge in [-0.3, -0.25) is 9.99 Å². The molecule has 1 aromatic carbocycles. The van der Waals surface area contributed by atoms with Crippen molar-refractivity contribution in [1.82, 2.24) is 0 Å². The van der Waals surface area contributed by atoms with Gasteiger partial charge < -0.3 is 9.05 Å². The molecular weight excluding hydrogens is 370 g/mol. The van der Waals surface area contributed by atoms with Gasteiger partial charge in [-0.1, -0.05) is 13.8 Å². The van der Waals surface area contributed by atoms with Crippen molar-refractivity contribution in [2.75, 3.05) is 24.8 Å². The van der Waals surface area contributed by atoms with Crippen molar-refractivity contribution >= 4 is 19.0 Å². The Morgan fingerprint density at radius 1 is 1.04 bits per heavy atom. The van der Waals surface area contributed by atoms with Gasteiger partial charge in [-0.25, -0.2) is 22.0 Å². The fraction of sp³-hybridized carbons (Fsp3) is 0.500. The van der Waals surface area contributed by atoms with Gasteiger partial charge in [0.2, 0.25) is 5.82 Å². The smallest absolute Gasteiger partial charge is 0.308 e. The van der Waals surface area contributed by atoms with Gasteiger partial charge >= 0.3 is 7.60 Å². The third-order valence-electron chi connectivity index (χ3n) is 3.29. The first-order valence-corrected chi connectivity index (χ1v) is 8.87. The van der Waals surface area contributed by atoms with E-state index in [1.54, 1.807) is 5.43 Å². The Morgan fingerprint density at radius 2 is 1.48 bits per heavy atom. The van der Waals surface area contributed by atoms with E-state index < -0.39 is 42.4 Å². The van der Waals surface area contributed by atoms with Crippen molar-refractivity contribution in [3.05, 3.63) is 29.1 Å². The van der Waals surface area contributed by atoms with Crippen LogP contribution in [0.15, 0.2) is 5.10 Å². The zero-order valence-electron chi connectivity index (χ0n) is 13.6. The van der Waals surface area contributed by atoms with Crippen LogP contribution in [0, 0.1) is 34.5 Å². The molecule has 1 saturated heterocycles. The number of nitrogens with zero attached hydrogens (tertiary/aromatic N) is 1. The second kappa shape index (κ2) is 7.01. The van der Waals surface area contributed by atoms with Gasteiger partial charge in [0, 0.05) is 11.1 Å². The molecule has 0 spiro atoms. The van der Waals surface area contributed by atoms with Gasteiger partial charge in [0.05, 0.1) is 19.4 Å². The van der Waals surface area contributed by atoms with E-state index >= 15 is 0 Å². The lowest BCUT2D eigenvalue weighted by molar-refractivity contribution is 0.0429. The van der Waals surface area contributed by atoms with E-state index in [-0.39, 0.29) is 30.5 Å². The number of rotatable bonds is 4. The zero-order valence-corrected chi connectivity index (χ0v) is 14.5. The second-order valence-electron chi connectivity index (χ2n) is 6.38. The highest BCUT2D eigenvalue weighted by atomic mass is 31.2. The molecular formula is C14H16F5N2O3P. The molecule has 1 fully saturated rings. The normalized spacial score (nSPS) is 19.8. The molecule has 0 amide bonds. The summed E-state index contributed by atoms with van der Waals surface area (Å²) in [6.07, 6.45) is -0.300. The molecule has 25 heavy (non-hydrogen) atoms. The minimum absolute atomic E-state index is 0.0342. The van der Waals surface area contributed by atoms with Crippen molar-refractivity contribution in [3.8, 4) is 0 Å². The fourth-order valence-corrected chi connectivity index (χ4v) is 3.87. The number of hydrogen-bond acceptors (Lipinski definition) is 5. The molecule has 0 aliphatic carbocycles. The van der Waals surface area contributed by atoms with Gasteiger partial charge in [-0.05, 0) is 6.92 Å². The maximum atomic E-state index is 13.5. The van der Waals surface area contributed by atoms with Crippen molar-refractivity contribution < 1.29 is 35.6 Å². The fourth-order valence-electron chi connectivity index (χ4n) is 1.89. The number of nitrogens with one attached hydrogen (secondary N) is 1. The Bertz CT molecular complexity index is 726. The van der Waals surface area contributed by atoms with Crippen LogP contribution in [-0.4, -0.2) is 25.1 Å². The van der Waals surface area contributed by atoms with Crippen molar-refractivity contribution in [2.24, 2.45) is 10.5 Å². The lowest BCUT2D eigenvalue weighted by Crippen LogP contribution is -2.30. The Kier molecular flexibility index (Phi) is 5.56. The third-order valence-corrected chi connectivity index (χ3v) is 5.18. The number of halogens is 5. The minimum atomic E-state index is -3.49. The summed E-state index contributed by atoms with van der Waals surface area (Å²) in [5.41, 5.74) is 0.188. The Morgan fingerprint density at radius 3 is 1.96 bits per heavy atom. The van der Waals surface area contributed by atoms with Crippen LogP contribution in [0.2, 0.25) is 0 Å². The van der Waals surface area contributed by atoms with Crippen LogP contribution < -0.4 is 5.43 Å². The van der Waals surface area contributed by atoms with Gasteiger partial charge in [-0.15, -0.1) is 0 Å². The molecule has 1 N–H and O–H groups in total. The molecule has 0 aromatic heterocycles. The SMILES string of the molecule is C/C(CP1(=O)OCC(C)(C)CO1)=N\Nc1c(F)c(F)c(F)c(F)c1F. The van der Waals surface area contributed by atoms with Gasteiger partial charge in [0.1, 0.15) is 5.69 Å². The zero-order chi connectivity index (χ0) is 19.0. The van der Waals surface area contributed by atoms with E-state index in [9.17, 15) is 26.5 Å². The summed E-state index contributed by atoms with van der Waals surface area (Å²) >= 11 is 0. The molecule has 140 valence electrons. The maximum Gasteiger partial charge on any atom is 0.336 e. The van der Waals surface area contributed by atoms with Gasteiger partial charge in [0.25, 0.3) is 0 Å². The van der Waals surface area contributed by atoms with Crippen LogP contribution in [0.3, 0.4) is 0 Å². The number of anilines is 1. The monoisotopic (exact) mass is 386 g/mol. The quantitative estimate of drug-likeness (QED) is 0.208. The first kappa shape index (κ1) is 19.8. The Labute approximate surface area is 140 Å². The number of benzene rings is 1. The summed E-state index contributed by atoms with van der Waals surface area (Å²) in [5.74, 6) is -10.6. The summed E-state index contributed by atoms with van der Waals surface area (Å²) in [6, 6.07) is 0. The first-order valence-electron chi connectivity index (χ1n) is 7.14. The standard InChI is InChI=1S/C14H16F5N2O3P/c1-7(4-25(22)23-5-14(2,3)6-24-25)20-21-13-11(18)9(16)8(15)10(17)12(13)19/h21H,4-6H2,1-3H3/b20-7+. The molecule has 5 nitrogen and oxygen atoms in total. The highest BCUT2D eigenvalue weighted by molar-refractivity contribution is 7.55. The van der Waals surface area contributed by atoms with Crippen molar-refractivity contribution in [1.29, 1.82) is 0 Å². The van der Waals surface area contributed by atoms with Crippen LogP contribution in [0.1, 0.15) is 20.8 Å². The largest absolute Gasteiger partial charge is 0.336 e. The molecule has 1 aliphatic rings. The topological polar surface area (TPSA) is 59.9 Å². The van der Waals surface area contributed by atoms with Gasteiger partial charge in [0.15, 0.2) is 23.3 Å². The van der Waals surface area contributed by atoms with E-state index in [1.165, 1.54) is 6.92 Å². The summed E-state index contributed by atoms with van der Waals surface area (Å²) in [6.45, 7) is 5.40. The summed E-state index contributed by atoms with van der Waals surface area (Å²) in [5, 5.41) is 3.50. The van der Waals surface area contributed by atoms with Crippen LogP contribution in [0.5, 0.6) is 0 Å². The van der Waals surface area contributed by atoms with E-state index in [0.717, 1.165) is 0 Å². The minimum Gasteiger partial charge on any atom is -0.308 e. The van der Waals surface area contributed by atoms with E-state index in [1.807, 2.05) is 13.8 Å². The molecule has 0 bridgehead atoms. The van der Waals surface area contributed by atoms with Crippen molar-refractivity contribution in [3.63, 3.8) is 0 Å². The van der Waals surface area contributed by atoms with E-state index in [2.05, 4.69) is 5.10 Å². The molecule has 0 saturated carbocycles. The molecule has 1 aliphatic heterocycles. The van der Waals surface area contributed by atoms with E-state index in [0.29, 0.717) is 0 Å². The summed E-state index contributed by atoms with van der Waals surface area (Å²) < 4.78 is 89.0.